The molecule has 0 fully saturated rings. The average molecular weight is 201 g/mol. The third-order valence-corrected chi connectivity index (χ3v) is 1.91. The van der Waals surface area contributed by atoms with Crippen molar-refractivity contribution in [3.05, 3.63) is 29.6 Å². The van der Waals surface area contributed by atoms with Crippen LogP contribution in [0.4, 0.5) is 4.39 Å². The van der Waals surface area contributed by atoms with Crippen molar-refractivity contribution in [3.8, 4) is 5.75 Å². The standard InChI is InChI=1S/C9H12FNO3/c10-5-1-2-7(12)6(3-5)9(14)8(13)4-11/h1-3,8-9,12-14H,4,11H2. The van der Waals surface area contributed by atoms with E-state index in [-0.39, 0.29) is 17.9 Å². The van der Waals surface area contributed by atoms with Crippen molar-refractivity contribution in [1.29, 1.82) is 0 Å². The predicted octanol–water partition coefficient (Wildman–Crippen LogP) is -0.116. The van der Waals surface area contributed by atoms with Crippen molar-refractivity contribution >= 4 is 0 Å². The van der Waals surface area contributed by atoms with E-state index in [1.54, 1.807) is 0 Å². The van der Waals surface area contributed by atoms with Crippen molar-refractivity contribution in [1.82, 2.24) is 0 Å². The maximum atomic E-state index is 12.7. The van der Waals surface area contributed by atoms with E-state index in [0.29, 0.717) is 0 Å². The molecule has 4 nitrogen and oxygen atoms in total. The number of benzene rings is 1. The molecular weight excluding hydrogens is 189 g/mol. The van der Waals surface area contributed by atoms with Gasteiger partial charge in [0, 0.05) is 12.1 Å². The van der Waals surface area contributed by atoms with Gasteiger partial charge in [-0.15, -0.1) is 0 Å². The van der Waals surface area contributed by atoms with E-state index in [0.717, 1.165) is 18.2 Å². The van der Waals surface area contributed by atoms with E-state index >= 15 is 0 Å². The normalized spacial score (nSPS) is 15.1. The van der Waals surface area contributed by atoms with Crippen LogP contribution in [0.1, 0.15) is 11.7 Å². The van der Waals surface area contributed by atoms with Gasteiger partial charge in [-0.25, -0.2) is 4.39 Å². The molecular formula is C9H12FNO3. The van der Waals surface area contributed by atoms with Crippen LogP contribution in [0, 0.1) is 5.82 Å². The van der Waals surface area contributed by atoms with Crippen LogP contribution in [-0.2, 0) is 0 Å². The lowest BCUT2D eigenvalue weighted by Gasteiger charge is -2.17. The fourth-order valence-corrected chi connectivity index (χ4v) is 1.10. The fraction of sp³-hybridized carbons (Fsp3) is 0.333. The molecule has 14 heavy (non-hydrogen) atoms. The predicted molar refractivity (Wildman–Crippen MR) is 48.1 cm³/mol. The molecule has 0 spiro atoms. The number of halogens is 1. The molecule has 2 unspecified atom stereocenters. The van der Waals surface area contributed by atoms with Gasteiger partial charge in [0.2, 0.25) is 0 Å². The number of phenols is 1. The van der Waals surface area contributed by atoms with Gasteiger partial charge in [-0.1, -0.05) is 0 Å². The molecule has 0 aliphatic rings. The summed E-state index contributed by atoms with van der Waals surface area (Å²) in [6.45, 7) is -0.170. The summed E-state index contributed by atoms with van der Waals surface area (Å²) in [5.41, 5.74) is 5.05. The molecule has 1 rings (SSSR count). The summed E-state index contributed by atoms with van der Waals surface area (Å²) in [7, 11) is 0. The van der Waals surface area contributed by atoms with Crippen molar-refractivity contribution in [3.63, 3.8) is 0 Å². The summed E-state index contributed by atoms with van der Waals surface area (Å²) >= 11 is 0. The number of phenolic OH excluding ortho intramolecular Hbond substituents is 1. The summed E-state index contributed by atoms with van der Waals surface area (Å²) < 4.78 is 12.7. The molecule has 0 aromatic heterocycles. The van der Waals surface area contributed by atoms with E-state index in [1.165, 1.54) is 0 Å². The first-order chi connectivity index (χ1) is 6.56. The van der Waals surface area contributed by atoms with Gasteiger partial charge in [0.15, 0.2) is 0 Å². The number of aliphatic hydroxyl groups excluding tert-OH is 2. The monoisotopic (exact) mass is 201 g/mol. The van der Waals surface area contributed by atoms with E-state index in [9.17, 15) is 19.7 Å². The highest BCUT2D eigenvalue weighted by Crippen LogP contribution is 2.26. The molecule has 1 aromatic rings. The van der Waals surface area contributed by atoms with Gasteiger partial charge in [-0.05, 0) is 18.2 Å². The zero-order valence-electron chi connectivity index (χ0n) is 7.39. The second-order valence-electron chi connectivity index (χ2n) is 2.95. The molecule has 0 bridgehead atoms. The summed E-state index contributed by atoms with van der Waals surface area (Å²) in [5.74, 6) is -0.868. The van der Waals surface area contributed by atoms with Gasteiger partial charge in [0.1, 0.15) is 17.7 Å². The van der Waals surface area contributed by atoms with Crippen LogP contribution in [0.15, 0.2) is 18.2 Å². The Bertz CT molecular complexity index is 319. The molecule has 5 heteroatoms. The zero-order chi connectivity index (χ0) is 10.7. The van der Waals surface area contributed by atoms with Crippen molar-refractivity contribution < 1.29 is 19.7 Å². The average Bonchev–Trinajstić information content (AvgIpc) is 2.19. The van der Waals surface area contributed by atoms with Crippen LogP contribution in [0.3, 0.4) is 0 Å². The molecule has 5 N–H and O–H groups in total. The van der Waals surface area contributed by atoms with Crippen LogP contribution in [0.5, 0.6) is 5.75 Å². The first kappa shape index (κ1) is 10.9. The highest BCUT2D eigenvalue weighted by atomic mass is 19.1. The lowest BCUT2D eigenvalue weighted by molar-refractivity contribution is 0.0228. The molecule has 2 atom stereocenters. The summed E-state index contributed by atoms with van der Waals surface area (Å²) in [6.07, 6.45) is -2.60. The molecule has 0 amide bonds. The number of hydrogen-bond acceptors (Lipinski definition) is 4. The largest absolute Gasteiger partial charge is 0.508 e. The Hall–Kier alpha value is -1.17. The quantitative estimate of drug-likeness (QED) is 0.549. The third kappa shape index (κ3) is 2.20. The Balaban J connectivity index is 2.99. The highest BCUT2D eigenvalue weighted by molar-refractivity contribution is 5.34. The van der Waals surface area contributed by atoms with Gasteiger partial charge < -0.3 is 21.1 Å². The Kier molecular flexibility index (Phi) is 3.40. The number of hydrogen-bond donors (Lipinski definition) is 4. The van der Waals surface area contributed by atoms with Gasteiger partial charge in [0.05, 0.1) is 6.10 Å². The number of aromatic hydroxyl groups is 1. The van der Waals surface area contributed by atoms with Crippen molar-refractivity contribution in [2.75, 3.05) is 6.54 Å². The Morgan fingerprint density at radius 2 is 2.00 bits per heavy atom. The zero-order valence-corrected chi connectivity index (χ0v) is 7.39. The van der Waals surface area contributed by atoms with Crippen LogP contribution < -0.4 is 5.73 Å². The second kappa shape index (κ2) is 4.36. The molecule has 0 saturated carbocycles. The molecule has 0 aliphatic heterocycles. The number of aliphatic hydroxyl groups is 2. The Labute approximate surface area is 80.4 Å². The molecule has 0 saturated heterocycles. The summed E-state index contributed by atoms with van der Waals surface area (Å²) in [6, 6.07) is 3.12. The van der Waals surface area contributed by atoms with Gasteiger partial charge in [0.25, 0.3) is 0 Å². The number of nitrogens with two attached hydrogens (primary N) is 1. The highest BCUT2D eigenvalue weighted by Gasteiger charge is 2.20. The fourth-order valence-electron chi connectivity index (χ4n) is 1.10. The minimum absolute atomic E-state index is 0.0667. The number of rotatable bonds is 3. The summed E-state index contributed by atoms with van der Waals surface area (Å²) in [4.78, 5) is 0. The van der Waals surface area contributed by atoms with Crippen LogP contribution in [0.25, 0.3) is 0 Å². The van der Waals surface area contributed by atoms with Crippen molar-refractivity contribution in [2.24, 2.45) is 5.73 Å². The molecule has 1 aromatic carbocycles. The van der Waals surface area contributed by atoms with E-state index in [1.807, 2.05) is 0 Å². The lowest BCUT2D eigenvalue weighted by atomic mass is 10.0. The van der Waals surface area contributed by atoms with E-state index < -0.39 is 18.0 Å². The summed E-state index contributed by atoms with van der Waals surface area (Å²) in [5, 5.41) is 27.9. The molecule has 0 aliphatic carbocycles. The van der Waals surface area contributed by atoms with Gasteiger partial charge >= 0.3 is 0 Å². The second-order valence-corrected chi connectivity index (χ2v) is 2.95. The van der Waals surface area contributed by atoms with Crippen LogP contribution in [-0.4, -0.2) is 28.0 Å². The van der Waals surface area contributed by atoms with Crippen LogP contribution in [0.2, 0.25) is 0 Å². The SMILES string of the molecule is NCC(O)C(O)c1cc(F)ccc1O. The Morgan fingerprint density at radius 1 is 1.36 bits per heavy atom. The minimum atomic E-state index is -1.38. The van der Waals surface area contributed by atoms with Crippen LogP contribution >= 0.6 is 0 Å². The first-order valence-corrected chi connectivity index (χ1v) is 4.11. The Morgan fingerprint density at radius 3 is 2.57 bits per heavy atom. The maximum absolute atomic E-state index is 12.7. The van der Waals surface area contributed by atoms with Crippen molar-refractivity contribution in [2.45, 2.75) is 12.2 Å². The van der Waals surface area contributed by atoms with Gasteiger partial charge in [-0.3, -0.25) is 0 Å². The van der Waals surface area contributed by atoms with E-state index in [2.05, 4.69) is 0 Å². The minimum Gasteiger partial charge on any atom is -0.508 e. The topological polar surface area (TPSA) is 86.7 Å². The third-order valence-electron chi connectivity index (χ3n) is 1.91. The first-order valence-electron chi connectivity index (χ1n) is 4.11. The smallest absolute Gasteiger partial charge is 0.123 e. The molecule has 78 valence electrons. The van der Waals surface area contributed by atoms with Gasteiger partial charge in [-0.2, -0.15) is 0 Å². The lowest BCUT2D eigenvalue weighted by Crippen LogP contribution is -2.27. The molecule has 0 radical (unpaired) electrons. The maximum Gasteiger partial charge on any atom is 0.123 e. The van der Waals surface area contributed by atoms with E-state index in [4.69, 9.17) is 5.73 Å². The molecule has 0 heterocycles.